The van der Waals surface area contributed by atoms with Gasteiger partial charge in [-0.2, -0.15) is 0 Å². The van der Waals surface area contributed by atoms with E-state index in [-0.39, 0.29) is 36.9 Å². The number of aromatic nitrogens is 2. The number of imidazole rings is 1. The number of halogens is 3. The maximum absolute atomic E-state index is 12.3. The Hall–Kier alpha value is -3.60. The molecule has 0 amide bonds. The van der Waals surface area contributed by atoms with Gasteiger partial charge in [-0.05, 0) is 39.8 Å². The number of ether oxygens (including phenoxy) is 3. The van der Waals surface area contributed by atoms with Gasteiger partial charge in [0.2, 0.25) is 0 Å². The molecule has 0 fully saturated rings. The van der Waals surface area contributed by atoms with Gasteiger partial charge in [0.15, 0.2) is 0 Å². The highest BCUT2D eigenvalue weighted by atomic mass is 19.4. The van der Waals surface area contributed by atoms with Crippen LogP contribution in [0.3, 0.4) is 0 Å². The normalized spacial score (nSPS) is 15.8. The number of nitro groups is 1. The molecule has 1 aromatic heterocycles. The van der Waals surface area contributed by atoms with Crippen molar-refractivity contribution in [3.63, 3.8) is 0 Å². The monoisotopic (exact) mass is 435 g/mol. The van der Waals surface area contributed by atoms with Gasteiger partial charge in [0.1, 0.15) is 24.7 Å². The van der Waals surface area contributed by atoms with Gasteiger partial charge in [0.05, 0.1) is 13.2 Å². The van der Waals surface area contributed by atoms with Crippen molar-refractivity contribution in [3.05, 3.63) is 70.4 Å². The number of rotatable bonds is 6. The molecule has 1 aliphatic rings. The third-order valence-electron chi connectivity index (χ3n) is 4.55. The lowest BCUT2D eigenvalue weighted by Crippen LogP contribution is -2.32. The molecule has 0 spiro atoms. The molecule has 0 unspecified atom stereocenters. The quantitative estimate of drug-likeness (QED) is 0.423. The fraction of sp³-hybridized carbons (Fsp3) is 0.250. The molecule has 8 nitrogen and oxygen atoms in total. The van der Waals surface area contributed by atoms with E-state index in [1.807, 2.05) is 24.3 Å². The fourth-order valence-electron chi connectivity index (χ4n) is 3.16. The number of hydrogen-bond donors (Lipinski definition) is 0. The van der Waals surface area contributed by atoms with E-state index in [9.17, 15) is 23.3 Å². The maximum atomic E-state index is 12.3. The summed E-state index contributed by atoms with van der Waals surface area (Å²) in [6.45, 7) is 0.855. The second kappa shape index (κ2) is 8.26. The van der Waals surface area contributed by atoms with Crippen molar-refractivity contribution < 1.29 is 32.3 Å². The molecule has 0 saturated carbocycles. The zero-order valence-electron chi connectivity index (χ0n) is 15.9. The molecular formula is C20H16F3N3O5. The summed E-state index contributed by atoms with van der Waals surface area (Å²) >= 11 is 0. The maximum Gasteiger partial charge on any atom is 0.573 e. The molecule has 0 aliphatic carbocycles. The van der Waals surface area contributed by atoms with Crippen LogP contribution in [0.1, 0.15) is 5.56 Å². The highest BCUT2D eigenvalue weighted by Crippen LogP contribution is 2.27. The minimum atomic E-state index is -4.73. The van der Waals surface area contributed by atoms with E-state index in [0.717, 1.165) is 16.7 Å². The Morgan fingerprint density at radius 3 is 2.68 bits per heavy atom. The lowest BCUT2D eigenvalue weighted by atomic mass is 10.0. The van der Waals surface area contributed by atoms with Gasteiger partial charge in [0, 0.05) is 4.98 Å². The van der Waals surface area contributed by atoms with Crippen molar-refractivity contribution in [2.75, 3.05) is 6.61 Å². The van der Waals surface area contributed by atoms with Gasteiger partial charge in [-0.3, -0.25) is 4.57 Å². The van der Waals surface area contributed by atoms with Crippen LogP contribution in [0.2, 0.25) is 0 Å². The molecule has 2 heterocycles. The van der Waals surface area contributed by atoms with E-state index in [1.165, 1.54) is 22.9 Å². The van der Waals surface area contributed by atoms with Gasteiger partial charge >= 0.3 is 18.2 Å². The summed E-state index contributed by atoms with van der Waals surface area (Å²) in [4.78, 5) is 14.0. The standard InChI is InChI=1S/C20H16F3N3O5/c21-20(22,23)31-16-6-4-14(5-7-16)15-3-1-2-13(8-15)11-29-17-9-25-10-18(26(27)28)24-19(25)30-12-17/h1-8,10,17H,9,11-12H2/t17-/m0/s1. The molecule has 0 radical (unpaired) electrons. The lowest BCUT2D eigenvalue weighted by Gasteiger charge is -2.22. The van der Waals surface area contributed by atoms with Crippen molar-refractivity contribution in [2.45, 2.75) is 25.6 Å². The molecule has 0 N–H and O–H groups in total. The molecule has 1 aliphatic heterocycles. The number of benzene rings is 2. The van der Waals surface area contributed by atoms with Crippen LogP contribution in [0.4, 0.5) is 19.0 Å². The van der Waals surface area contributed by atoms with Gasteiger partial charge in [-0.25, -0.2) is 0 Å². The first-order chi connectivity index (χ1) is 14.8. The van der Waals surface area contributed by atoms with Crippen molar-refractivity contribution in [3.8, 4) is 22.9 Å². The summed E-state index contributed by atoms with van der Waals surface area (Å²) in [6, 6.07) is 13.2. The zero-order chi connectivity index (χ0) is 22.0. The summed E-state index contributed by atoms with van der Waals surface area (Å²) in [5.74, 6) is -0.567. The highest BCUT2D eigenvalue weighted by molar-refractivity contribution is 5.64. The van der Waals surface area contributed by atoms with Crippen LogP contribution < -0.4 is 9.47 Å². The molecule has 3 aromatic rings. The minimum absolute atomic E-state index is 0.187. The van der Waals surface area contributed by atoms with E-state index in [0.29, 0.717) is 6.54 Å². The Morgan fingerprint density at radius 1 is 1.19 bits per heavy atom. The summed E-state index contributed by atoms with van der Waals surface area (Å²) in [5, 5.41) is 10.8. The molecule has 1 atom stereocenters. The molecule has 162 valence electrons. The number of nitrogens with zero attached hydrogens (tertiary/aromatic N) is 3. The van der Waals surface area contributed by atoms with E-state index in [4.69, 9.17) is 9.47 Å². The van der Waals surface area contributed by atoms with Gasteiger partial charge in [0.25, 0.3) is 0 Å². The van der Waals surface area contributed by atoms with Crippen molar-refractivity contribution >= 4 is 5.82 Å². The SMILES string of the molecule is O=[N+]([O-])c1cn2c(n1)OC[C@@H](OCc1cccc(-c3ccc(OC(F)(F)F)cc3)c1)C2. The average molecular weight is 435 g/mol. The number of fused-ring (bicyclic) bond motifs is 1. The molecule has 2 aromatic carbocycles. The van der Waals surface area contributed by atoms with Crippen molar-refractivity contribution in [1.29, 1.82) is 0 Å². The molecule has 11 heteroatoms. The van der Waals surface area contributed by atoms with Crippen LogP contribution in [-0.2, 0) is 17.9 Å². The van der Waals surface area contributed by atoms with Crippen LogP contribution in [-0.4, -0.2) is 33.5 Å². The Balaban J connectivity index is 1.38. The summed E-state index contributed by atoms with van der Waals surface area (Å²) in [5.41, 5.74) is 2.40. The van der Waals surface area contributed by atoms with E-state index < -0.39 is 11.3 Å². The first-order valence-corrected chi connectivity index (χ1v) is 9.18. The topological polar surface area (TPSA) is 88.7 Å². The van der Waals surface area contributed by atoms with Crippen LogP contribution in [0.15, 0.2) is 54.7 Å². The van der Waals surface area contributed by atoms with E-state index in [2.05, 4.69) is 9.72 Å². The number of alkyl halides is 3. The zero-order valence-corrected chi connectivity index (χ0v) is 15.9. The van der Waals surface area contributed by atoms with Crippen molar-refractivity contribution in [1.82, 2.24) is 9.55 Å². The van der Waals surface area contributed by atoms with Gasteiger partial charge in [-0.15, -0.1) is 13.2 Å². The average Bonchev–Trinajstić information content (AvgIpc) is 3.16. The lowest BCUT2D eigenvalue weighted by molar-refractivity contribution is -0.389. The van der Waals surface area contributed by atoms with Crippen LogP contribution in [0, 0.1) is 10.1 Å². The third-order valence-corrected chi connectivity index (χ3v) is 4.55. The molecule has 0 bridgehead atoms. The number of hydrogen-bond acceptors (Lipinski definition) is 6. The van der Waals surface area contributed by atoms with Crippen LogP contribution in [0.25, 0.3) is 11.1 Å². The Labute approximate surface area is 173 Å². The fourth-order valence-corrected chi connectivity index (χ4v) is 3.16. The highest BCUT2D eigenvalue weighted by Gasteiger charge is 2.31. The largest absolute Gasteiger partial charge is 0.573 e. The second-order valence-electron chi connectivity index (χ2n) is 6.81. The Morgan fingerprint density at radius 2 is 1.97 bits per heavy atom. The first-order valence-electron chi connectivity index (χ1n) is 9.18. The first kappa shape index (κ1) is 20.7. The molecular weight excluding hydrogens is 419 g/mol. The summed E-state index contributed by atoms with van der Waals surface area (Å²) in [6.07, 6.45) is -3.74. The predicted octanol–water partition coefficient (Wildman–Crippen LogP) is 4.33. The smallest absolute Gasteiger partial charge is 0.443 e. The van der Waals surface area contributed by atoms with Gasteiger partial charge in [-0.1, -0.05) is 30.3 Å². The van der Waals surface area contributed by atoms with Crippen LogP contribution >= 0.6 is 0 Å². The predicted molar refractivity (Wildman–Crippen MR) is 102 cm³/mol. The van der Waals surface area contributed by atoms with Crippen LogP contribution in [0.5, 0.6) is 11.8 Å². The Bertz CT molecular complexity index is 1080. The molecule has 4 rings (SSSR count). The third kappa shape index (κ3) is 5.12. The second-order valence-corrected chi connectivity index (χ2v) is 6.81. The van der Waals surface area contributed by atoms with Crippen molar-refractivity contribution in [2.24, 2.45) is 0 Å². The van der Waals surface area contributed by atoms with E-state index >= 15 is 0 Å². The summed E-state index contributed by atoms with van der Waals surface area (Å²) < 4.78 is 53.6. The minimum Gasteiger partial charge on any atom is -0.443 e. The molecule has 0 saturated heterocycles. The van der Waals surface area contributed by atoms with Gasteiger partial charge < -0.3 is 24.3 Å². The summed E-state index contributed by atoms with van der Waals surface area (Å²) in [7, 11) is 0. The Kier molecular flexibility index (Phi) is 5.51. The van der Waals surface area contributed by atoms with E-state index in [1.54, 1.807) is 12.1 Å². The molecule has 31 heavy (non-hydrogen) atoms.